The third-order valence-corrected chi connectivity index (χ3v) is 11.2. The van der Waals surface area contributed by atoms with Gasteiger partial charge in [0.25, 0.3) is 0 Å². The molecule has 0 bridgehead atoms. The Kier molecular flexibility index (Phi) is 50.4. The van der Waals surface area contributed by atoms with Crippen molar-refractivity contribution in [3.8, 4) is 0 Å². The van der Waals surface area contributed by atoms with Crippen molar-refractivity contribution in [1.29, 1.82) is 0 Å². The smallest absolute Gasteiger partial charge is 0.306 e. The standard InChI is InChI=1S/C57H100O5/c1-4-7-10-13-16-19-22-25-27-28-29-30-31-33-35-38-41-44-47-50-56(58)61-54-55(53-60-52-49-46-43-40-37-34-26-23-20-17-14-11-8-5-2)62-57(59)51-48-45-42-39-36-32-24-21-18-15-12-9-6-3/h9,12,16,18-19,21,25,27,29-30,32,36,55H,4-8,10-11,13-15,17,20,22-24,26,28,31,33-35,37-54H2,1-3H3/b12-9-,19-16-,21-18-,27-25-,30-29-,36-32-. The minimum atomic E-state index is -0.557. The quantitative estimate of drug-likeness (QED) is 0.0346. The molecule has 0 aliphatic carbocycles. The molecule has 0 spiro atoms. The molecule has 0 saturated carbocycles. The van der Waals surface area contributed by atoms with Crippen molar-refractivity contribution < 1.29 is 23.8 Å². The average molecular weight is 865 g/mol. The molecule has 0 saturated heterocycles. The molecule has 0 aliphatic heterocycles. The summed E-state index contributed by atoms with van der Waals surface area (Å²) in [5.74, 6) is -0.440. The molecule has 1 unspecified atom stereocenters. The van der Waals surface area contributed by atoms with Gasteiger partial charge in [0.1, 0.15) is 6.61 Å². The average Bonchev–Trinajstić information content (AvgIpc) is 3.27. The molecule has 5 nitrogen and oxygen atoms in total. The summed E-state index contributed by atoms with van der Waals surface area (Å²) in [4.78, 5) is 25.4. The molecule has 0 aromatic rings. The molecule has 0 amide bonds. The van der Waals surface area contributed by atoms with E-state index in [1.54, 1.807) is 0 Å². The largest absolute Gasteiger partial charge is 0.462 e. The first kappa shape index (κ1) is 59.3. The number of hydrogen-bond acceptors (Lipinski definition) is 5. The molecule has 0 aliphatic rings. The minimum absolute atomic E-state index is 0.0664. The van der Waals surface area contributed by atoms with E-state index >= 15 is 0 Å². The maximum Gasteiger partial charge on any atom is 0.306 e. The van der Waals surface area contributed by atoms with Gasteiger partial charge in [-0.15, -0.1) is 0 Å². The second-order valence-electron chi connectivity index (χ2n) is 17.4. The van der Waals surface area contributed by atoms with Crippen LogP contribution < -0.4 is 0 Å². The Balaban J connectivity index is 4.30. The van der Waals surface area contributed by atoms with Gasteiger partial charge < -0.3 is 14.2 Å². The van der Waals surface area contributed by atoms with Crippen molar-refractivity contribution in [3.05, 3.63) is 72.9 Å². The van der Waals surface area contributed by atoms with Gasteiger partial charge in [-0.05, 0) is 89.9 Å². The van der Waals surface area contributed by atoms with Crippen molar-refractivity contribution in [3.63, 3.8) is 0 Å². The van der Waals surface area contributed by atoms with E-state index in [1.807, 2.05) is 0 Å². The van der Waals surface area contributed by atoms with Crippen LogP contribution in [-0.4, -0.2) is 37.9 Å². The van der Waals surface area contributed by atoms with Gasteiger partial charge in [0.05, 0.1) is 6.61 Å². The zero-order valence-electron chi connectivity index (χ0n) is 41.1. The molecule has 358 valence electrons. The fourth-order valence-electron chi connectivity index (χ4n) is 7.30. The predicted molar refractivity (Wildman–Crippen MR) is 270 cm³/mol. The minimum Gasteiger partial charge on any atom is -0.462 e. The van der Waals surface area contributed by atoms with Crippen LogP contribution in [0.25, 0.3) is 0 Å². The van der Waals surface area contributed by atoms with E-state index in [2.05, 4.69) is 93.7 Å². The van der Waals surface area contributed by atoms with Gasteiger partial charge in [0, 0.05) is 19.4 Å². The number of carbonyl (C=O) groups excluding carboxylic acids is 2. The fourth-order valence-corrected chi connectivity index (χ4v) is 7.30. The summed E-state index contributed by atoms with van der Waals surface area (Å²) in [6.07, 6.45) is 67.7. The molecule has 62 heavy (non-hydrogen) atoms. The summed E-state index contributed by atoms with van der Waals surface area (Å²) < 4.78 is 17.4. The first-order valence-corrected chi connectivity index (χ1v) is 26.5. The molecule has 1 atom stereocenters. The number of unbranched alkanes of at least 4 members (excludes halogenated alkanes) is 25. The molecule has 0 rings (SSSR count). The monoisotopic (exact) mass is 865 g/mol. The van der Waals surface area contributed by atoms with Crippen LogP contribution in [0.15, 0.2) is 72.9 Å². The SMILES string of the molecule is CC/C=C\C/C=C\C/C=C\CCCCCC(=O)OC(COCCCCCCCCCCCCCCCC)COC(=O)CCCCCCCC/C=C\C/C=C\C/C=C\CCCCC. The normalized spacial score (nSPS) is 12.8. The number of esters is 2. The molecule has 0 radical (unpaired) electrons. The van der Waals surface area contributed by atoms with Crippen LogP contribution in [0.4, 0.5) is 0 Å². The summed E-state index contributed by atoms with van der Waals surface area (Å²) in [7, 11) is 0. The van der Waals surface area contributed by atoms with E-state index in [0.717, 1.165) is 96.3 Å². The van der Waals surface area contributed by atoms with Crippen LogP contribution in [0.1, 0.15) is 252 Å². The lowest BCUT2D eigenvalue weighted by Gasteiger charge is -2.18. The Morgan fingerprint density at radius 2 is 0.726 bits per heavy atom. The third kappa shape index (κ3) is 50.0. The highest BCUT2D eigenvalue weighted by Crippen LogP contribution is 2.14. The summed E-state index contributed by atoms with van der Waals surface area (Å²) >= 11 is 0. The summed E-state index contributed by atoms with van der Waals surface area (Å²) in [5.41, 5.74) is 0. The second-order valence-corrected chi connectivity index (χ2v) is 17.4. The lowest BCUT2D eigenvalue weighted by atomic mass is 10.0. The fraction of sp³-hybridized carbons (Fsp3) is 0.754. The van der Waals surface area contributed by atoms with Crippen molar-refractivity contribution in [2.45, 2.75) is 258 Å². The van der Waals surface area contributed by atoms with E-state index in [0.29, 0.717) is 19.4 Å². The number of carbonyl (C=O) groups is 2. The molecule has 0 fully saturated rings. The highest BCUT2D eigenvalue weighted by molar-refractivity contribution is 5.70. The lowest BCUT2D eigenvalue weighted by molar-refractivity contribution is -0.163. The maximum atomic E-state index is 12.8. The topological polar surface area (TPSA) is 61.8 Å². The molecule has 0 aromatic carbocycles. The van der Waals surface area contributed by atoms with Gasteiger partial charge in [-0.3, -0.25) is 9.59 Å². The van der Waals surface area contributed by atoms with Crippen LogP contribution in [0.2, 0.25) is 0 Å². The second kappa shape index (κ2) is 52.7. The first-order valence-electron chi connectivity index (χ1n) is 26.5. The Labute approximate surface area is 385 Å². The maximum absolute atomic E-state index is 12.8. The Morgan fingerprint density at radius 1 is 0.371 bits per heavy atom. The molecule has 0 heterocycles. The highest BCUT2D eigenvalue weighted by Gasteiger charge is 2.17. The molecular weight excluding hydrogens is 765 g/mol. The Morgan fingerprint density at radius 3 is 1.21 bits per heavy atom. The number of allylic oxidation sites excluding steroid dienone is 12. The Bertz CT molecular complexity index is 1110. The Hall–Kier alpha value is -2.66. The van der Waals surface area contributed by atoms with Crippen LogP contribution in [0, 0.1) is 0 Å². The van der Waals surface area contributed by atoms with E-state index in [9.17, 15) is 9.59 Å². The van der Waals surface area contributed by atoms with Crippen molar-refractivity contribution in [1.82, 2.24) is 0 Å². The lowest BCUT2D eigenvalue weighted by Crippen LogP contribution is -2.30. The zero-order chi connectivity index (χ0) is 44.9. The first-order chi connectivity index (χ1) is 30.6. The highest BCUT2D eigenvalue weighted by atomic mass is 16.6. The number of hydrogen-bond donors (Lipinski definition) is 0. The molecular formula is C57H100O5. The van der Waals surface area contributed by atoms with Crippen molar-refractivity contribution in [2.24, 2.45) is 0 Å². The molecule has 0 aromatic heterocycles. The van der Waals surface area contributed by atoms with Gasteiger partial charge >= 0.3 is 11.9 Å². The molecule has 5 heteroatoms. The van der Waals surface area contributed by atoms with Crippen molar-refractivity contribution in [2.75, 3.05) is 19.8 Å². The number of rotatable bonds is 48. The predicted octanol–water partition coefficient (Wildman–Crippen LogP) is 17.9. The van der Waals surface area contributed by atoms with E-state index in [4.69, 9.17) is 14.2 Å². The van der Waals surface area contributed by atoms with Gasteiger partial charge in [-0.1, -0.05) is 222 Å². The number of ether oxygens (including phenoxy) is 3. The van der Waals surface area contributed by atoms with E-state index in [1.165, 1.54) is 122 Å². The summed E-state index contributed by atoms with van der Waals surface area (Å²) in [6.45, 7) is 7.66. The van der Waals surface area contributed by atoms with Crippen LogP contribution >= 0.6 is 0 Å². The van der Waals surface area contributed by atoms with Gasteiger partial charge in [0.15, 0.2) is 6.10 Å². The van der Waals surface area contributed by atoms with E-state index in [-0.39, 0.29) is 25.2 Å². The molecule has 0 N–H and O–H groups in total. The summed E-state index contributed by atoms with van der Waals surface area (Å²) in [5, 5.41) is 0. The van der Waals surface area contributed by atoms with Gasteiger partial charge in [0.2, 0.25) is 0 Å². The van der Waals surface area contributed by atoms with E-state index < -0.39 is 6.10 Å². The summed E-state index contributed by atoms with van der Waals surface area (Å²) in [6, 6.07) is 0. The van der Waals surface area contributed by atoms with Crippen LogP contribution in [-0.2, 0) is 23.8 Å². The van der Waals surface area contributed by atoms with Crippen LogP contribution in [0.3, 0.4) is 0 Å². The third-order valence-electron chi connectivity index (χ3n) is 11.2. The van der Waals surface area contributed by atoms with Crippen LogP contribution in [0.5, 0.6) is 0 Å². The van der Waals surface area contributed by atoms with Crippen molar-refractivity contribution >= 4 is 11.9 Å². The van der Waals surface area contributed by atoms with Gasteiger partial charge in [-0.2, -0.15) is 0 Å². The zero-order valence-corrected chi connectivity index (χ0v) is 41.1. The van der Waals surface area contributed by atoms with Gasteiger partial charge in [-0.25, -0.2) is 0 Å².